The molecule has 0 bridgehead atoms. The molecule has 2 unspecified atom stereocenters. The fourth-order valence-corrected chi connectivity index (χ4v) is 4.83. The number of piperazine rings is 1. The molecule has 112 valence electrons. The van der Waals surface area contributed by atoms with Crippen molar-refractivity contribution in [2.24, 2.45) is 11.3 Å². The Labute approximate surface area is 135 Å². The molecule has 4 heteroatoms. The molecule has 0 aromatic carbocycles. The van der Waals surface area contributed by atoms with E-state index in [4.69, 9.17) is 0 Å². The van der Waals surface area contributed by atoms with E-state index in [1.807, 2.05) is 11.3 Å². The van der Waals surface area contributed by atoms with E-state index in [-0.39, 0.29) is 0 Å². The molecule has 0 radical (unpaired) electrons. The molecule has 2 atom stereocenters. The van der Waals surface area contributed by atoms with Crippen LogP contribution in [-0.2, 0) is 6.54 Å². The van der Waals surface area contributed by atoms with E-state index in [2.05, 4.69) is 59.1 Å². The smallest absolute Gasteiger partial charge is 0.0701 e. The van der Waals surface area contributed by atoms with Crippen LogP contribution < -0.4 is 5.32 Å². The molecule has 1 saturated carbocycles. The van der Waals surface area contributed by atoms with Crippen molar-refractivity contribution >= 4 is 27.3 Å². The Bertz CT molecular complexity index is 461. The summed E-state index contributed by atoms with van der Waals surface area (Å²) in [4.78, 5) is 4.19. The minimum absolute atomic E-state index is 0.329. The monoisotopic (exact) mass is 356 g/mol. The Morgan fingerprint density at radius 3 is 2.65 bits per heavy atom. The number of hydrogen-bond acceptors (Lipinski definition) is 3. The van der Waals surface area contributed by atoms with Crippen LogP contribution in [0.2, 0.25) is 0 Å². The highest BCUT2D eigenvalue weighted by Crippen LogP contribution is 2.37. The number of hydrogen-bond donors (Lipinski definition) is 1. The summed E-state index contributed by atoms with van der Waals surface area (Å²) in [5, 5.41) is 3.81. The predicted molar refractivity (Wildman–Crippen MR) is 90.2 cm³/mol. The molecule has 2 fully saturated rings. The Morgan fingerprint density at radius 2 is 2.10 bits per heavy atom. The molecule has 1 saturated heterocycles. The van der Waals surface area contributed by atoms with Crippen molar-refractivity contribution < 1.29 is 0 Å². The normalized spacial score (nSPS) is 28.8. The molecule has 20 heavy (non-hydrogen) atoms. The largest absolute Gasteiger partial charge is 0.311 e. The third-order valence-electron chi connectivity index (χ3n) is 4.62. The highest BCUT2D eigenvalue weighted by molar-refractivity contribution is 9.11. The van der Waals surface area contributed by atoms with Crippen LogP contribution in [0.3, 0.4) is 0 Å². The van der Waals surface area contributed by atoms with Gasteiger partial charge in [0.05, 0.1) is 3.79 Å². The first-order valence-corrected chi connectivity index (χ1v) is 9.26. The van der Waals surface area contributed by atoms with Crippen LogP contribution in [0.1, 0.15) is 38.5 Å². The summed E-state index contributed by atoms with van der Waals surface area (Å²) in [7, 11) is 0. The van der Waals surface area contributed by atoms with Gasteiger partial charge in [0.15, 0.2) is 0 Å². The van der Waals surface area contributed by atoms with Crippen LogP contribution in [0.15, 0.2) is 15.9 Å². The van der Waals surface area contributed by atoms with Gasteiger partial charge in [-0.05, 0) is 52.2 Å². The Kier molecular flexibility index (Phi) is 4.29. The van der Waals surface area contributed by atoms with Crippen molar-refractivity contribution in [3.05, 3.63) is 20.8 Å². The lowest BCUT2D eigenvalue weighted by atomic mass is 9.83. The first-order chi connectivity index (χ1) is 9.43. The standard InChI is InChI=1S/C16H25BrN2S/c1-16(2,3)14-8-18-13(11-4-5-11)10-19(14)9-12-6-7-15(17)20-12/h6-7,11,13-14,18H,4-5,8-10H2,1-3H3. The number of halogens is 1. The fraction of sp³-hybridized carbons (Fsp3) is 0.750. The van der Waals surface area contributed by atoms with E-state index in [1.165, 1.54) is 28.0 Å². The summed E-state index contributed by atoms with van der Waals surface area (Å²) in [5.41, 5.74) is 0.329. The maximum Gasteiger partial charge on any atom is 0.0701 e. The molecule has 1 aliphatic heterocycles. The average molecular weight is 357 g/mol. The van der Waals surface area contributed by atoms with Crippen LogP contribution in [0, 0.1) is 11.3 Å². The SMILES string of the molecule is CC(C)(C)C1CNC(C2CC2)CN1Cc1ccc(Br)s1. The predicted octanol–water partition coefficient (Wildman–Crippen LogP) is 4.11. The molecular weight excluding hydrogens is 332 g/mol. The van der Waals surface area contributed by atoms with Crippen molar-refractivity contribution in [2.45, 2.75) is 52.2 Å². The lowest BCUT2D eigenvalue weighted by molar-refractivity contribution is 0.0457. The van der Waals surface area contributed by atoms with Gasteiger partial charge in [-0.25, -0.2) is 0 Å². The van der Waals surface area contributed by atoms with E-state index in [0.29, 0.717) is 11.5 Å². The third kappa shape index (κ3) is 3.46. The van der Waals surface area contributed by atoms with Crippen molar-refractivity contribution in [3.63, 3.8) is 0 Å². The van der Waals surface area contributed by atoms with E-state index in [9.17, 15) is 0 Å². The molecule has 0 amide bonds. The summed E-state index contributed by atoms with van der Waals surface area (Å²) < 4.78 is 1.24. The van der Waals surface area contributed by atoms with Crippen molar-refractivity contribution in [3.8, 4) is 0 Å². The molecule has 3 rings (SSSR count). The molecule has 0 spiro atoms. The van der Waals surface area contributed by atoms with Gasteiger partial charge in [-0.15, -0.1) is 11.3 Å². The van der Waals surface area contributed by atoms with Gasteiger partial charge in [-0.1, -0.05) is 20.8 Å². The molecule has 2 aliphatic rings. The molecule has 1 aliphatic carbocycles. The minimum atomic E-state index is 0.329. The summed E-state index contributed by atoms with van der Waals surface area (Å²) in [5.74, 6) is 0.938. The van der Waals surface area contributed by atoms with Crippen LogP contribution in [0.25, 0.3) is 0 Å². The van der Waals surface area contributed by atoms with Crippen LogP contribution in [0.5, 0.6) is 0 Å². The fourth-order valence-electron chi connectivity index (χ4n) is 3.32. The average Bonchev–Trinajstić information content (AvgIpc) is 3.13. The summed E-state index contributed by atoms with van der Waals surface area (Å²) >= 11 is 5.46. The number of nitrogens with one attached hydrogen (secondary N) is 1. The molecule has 1 aromatic heterocycles. The van der Waals surface area contributed by atoms with Crippen molar-refractivity contribution in [2.75, 3.05) is 13.1 Å². The van der Waals surface area contributed by atoms with Crippen LogP contribution >= 0.6 is 27.3 Å². The van der Waals surface area contributed by atoms with Gasteiger partial charge < -0.3 is 5.32 Å². The zero-order valence-electron chi connectivity index (χ0n) is 12.7. The lowest BCUT2D eigenvalue weighted by Crippen LogP contribution is -2.60. The zero-order valence-corrected chi connectivity index (χ0v) is 15.1. The van der Waals surface area contributed by atoms with Crippen molar-refractivity contribution in [1.82, 2.24) is 10.2 Å². The van der Waals surface area contributed by atoms with Gasteiger partial charge in [0.1, 0.15) is 0 Å². The second kappa shape index (κ2) is 5.71. The van der Waals surface area contributed by atoms with E-state index >= 15 is 0 Å². The summed E-state index contributed by atoms with van der Waals surface area (Å²) in [6, 6.07) is 5.78. The molecular formula is C16H25BrN2S. The maximum absolute atomic E-state index is 3.81. The minimum Gasteiger partial charge on any atom is -0.311 e. The van der Waals surface area contributed by atoms with Gasteiger partial charge in [0.25, 0.3) is 0 Å². The Hall–Kier alpha value is 0.1000. The number of rotatable bonds is 3. The van der Waals surface area contributed by atoms with Gasteiger partial charge in [-0.2, -0.15) is 0 Å². The molecule has 1 aromatic rings. The second-order valence-corrected chi connectivity index (χ2v) is 9.92. The van der Waals surface area contributed by atoms with E-state index in [0.717, 1.165) is 25.0 Å². The van der Waals surface area contributed by atoms with Crippen LogP contribution in [-0.4, -0.2) is 30.1 Å². The highest BCUT2D eigenvalue weighted by atomic mass is 79.9. The molecule has 2 heterocycles. The van der Waals surface area contributed by atoms with Crippen LogP contribution in [0.4, 0.5) is 0 Å². The van der Waals surface area contributed by atoms with Crippen molar-refractivity contribution in [1.29, 1.82) is 0 Å². The maximum atomic E-state index is 3.81. The third-order valence-corrected chi connectivity index (χ3v) is 6.23. The van der Waals surface area contributed by atoms with Gasteiger partial charge in [0.2, 0.25) is 0 Å². The topological polar surface area (TPSA) is 15.3 Å². The number of nitrogens with zero attached hydrogens (tertiary/aromatic N) is 1. The zero-order chi connectivity index (χ0) is 14.3. The second-order valence-electron chi connectivity index (χ2n) is 7.37. The van der Waals surface area contributed by atoms with Gasteiger partial charge >= 0.3 is 0 Å². The summed E-state index contributed by atoms with van der Waals surface area (Å²) in [6.45, 7) is 10.6. The highest BCUT2D eigenvalue weighted by Gasteiger charge is 2.40. The first kappa shape index (κ1) is 15.0. The Balaban J connectivity index is 1.73. The first-order valence-electron chi connectivity index (χ1n) is 7.65. The number of thiophene rings is 1. The Morgan fingerprint density at radius 1 is 1.35 bits per heavy atom. The quantitative estimate of drug-likeness (QED) is 0.876. The molecule has 2 nitrogen and oxygen atoms in total. The van der Waals surface area contributed by atoms with Gasteiger partial charge in [-0.3, -0.25) is 4.90 Å². The lowest BCUT2D eigenvalue weighted by Gasteiger charge is -2.46. The molecule has 1 N–H and O–H groups in total. The van der Waals surface area contributed by atoms with E-state index in [1.54, 1.807) is 0 Å². The summed E-state index contributed by atoms with van der Waals surface area (Å²) in [6.07, 6.45) is 2.85. The van der Waals surface area contributed by atoms with Gasteiger partial charge in [0, 0.05) is 36.6 Å². The van der Waals surface area contributed by atoms with E-state index < -0.39 is 0 Å².